The van der Waals surface area contributed by atoms with Crippen LogP contribution in [-0.4, -0.2) is 14.8 Å². The number of aryl methyl sites for hydroxylation is 1. The Bertz CT molecular complexity index is 535. The molecule has 0 amide bonds. The summed E-state index contributed by atoms with van der Waals surface area (Å²) < 4.78 is 1.80. The van der Waals surface area contributed by atoms with Crippen molar-refractivity contribution in [3.63, 3.8) is 0 Å². The Morgan fingerprint density at radius 1 is 1.38 bits per heavy atom. The summed E-state index contributed by atoms with van der Waals surface area (Å²) in [6, 6.07) is 2.20. The molecule has 0 N–H and O–H groups in total. The molecule has 0 aromatic carbocycles. The Balaban J connectivity index is 2.29. The van der Waals surface area contributed by atoms with Crippen molar-refractivity contribution in [3.8, 4) is 0 Å². The first-order chi connectivity index (χ1) is 7.66. The predicted octanol–water partition coefficient (Wildman–Crippen LogP) is 3.04. The standard InChI is InChI=1S/C13H17N3/c1-8(2)12-11-6-9(3)7-14-16(11)15-13(12)10-4-5-10/h6-8,10H,4-5H2,1-3H3. The highest BCUT2D eigenvalue weighted by Gasteiger charge is 2.31. The predicted molar refractivity (Wildman–Crippen MR) is 63.8 cm³/mol. The minimum Gasteiger partial charge on any atom is -0.158 e. The van der Waals surface area contributed by atoms with Gasteiger partial charge in [0.1, 0.15) is 0 Å². The van der Waals surface area contributed by atoms with Crippen molar-refractivity contribution in [1.82, 2.24) is 14.8 Å². The third-order valence-corrected chi connectivity index (χ3v) is 3.25. The van der Waals surface area contributed by atoms with Gasteiger partial charge >= 0.3 is 0 Å². The van der Waals surface area contributed by atoms with Gasteiger partial charge in [0.25, 0.3) is 0 Å². The van der Waals surface area contributed by atoms with Crippen LogP contribution in [0.15, 0.2) is 12.3 Å². The fraction of sp³-hybridized carbons (Fsp3) is 0.538. The van der Waals surface area contributed by atoms with Crippen molar-refractivity contribution in [2.24, 2.45) is 0 Å². The molecule has 3 nitrogen and oxygen atoms in total. The number of rotatable bonds is 2. The van der Waals surface area contributed by atoms with Crippen LogP contribution in [0.25, 0.3) is 5.52 Å². The lowest BCUT2D eigenvalue weighted by atomic mass is 9.99. The van der Waals surface area contributed by atoms with E-state index in [-0.39, 0.29) is 0 Å². The van der Waals surface area contributed by atoms with Crippen molar-refractivity contribution < 1.29 is 0 Å². The molecule has 2 aromatic rings. The molecule has 3 rings (SSSR count). The van der Waals surface area contributed by atoms with Gasteiger partial charge in [-0.25, -0.2) is 0 Å². The number of aromatic nitrogens is 3. The van der Waals surface area contributed by atoms with E-state index < -0.39 is 0 Å². The second-order valence-corrected chi connectivity index (χ2v) is 5.14. The molecule has 16 heavy (non-hydrogen) atoms. The Hall–Kier alpha value is -1.38. The average Bonchev–Trinajstić information content (AvgIpc) is 2.99. The van der Waals surface area contributed by atoms with Crippen LogP contribution in [0.3, 0.4) is 0 Å². The second kappa shape index (κ2) is 3.30. The van der Waals surface area contributed by atoms with Crippen LogP contribution in [0.4, 0.5) is 0 Å². The molecule has 1 aliphatic carbocycles. The molecule has 2 aromatic heterocycles. The van der Waals surface area contributed by atoms with Crippen LogP contribution < -0.4 is 0 Å². The third-order valence-electron chi connectivity index (χ3n) is 3.25. The van der Waals surface area contributed by atoms with E-state index in [1.54, 1.807) is 4.63 Å². The molecular weight excluding hydrogens is 198 g/mol. The van der Waals surface area contributed by atoms with E-state index in [4.69, 9.17) is 0 Å². The van der Waals surface area contributed by atoms with Crippen LogP contribution in [0.5, 0.6) is 0 Å². The highest BCUT2D eigenvalue weighted by Crippen LogP contribution is 2.43. The van der Waals surface area contributed by atoms with Gasteiger partial charge in [-0.05, 0) is 37.3 Å². The zero-order valence-corrected chi connectivity index (χ0v) is 10.1. The van der Waals surface area contributed by atoms with Crippen LogP contribution in [-0.2, 0) is 0 Å². The molecule has 1 saturated carbocycles. The quantitative estimate of drug-likeness (QED) is 0.770. The Morgan fingerprint density at radius 3 is 2.75 bits per heavy atom. The van der Waals surface area contributed by atoms with Gasteiger partial charge in [0.05, 0.1) is 17.4 Å². The highest BCUT2D eigenvalue weighted by molar-refractivity contribution is 5.59. The van der Waals surface area contributed by atoms with Crippen LogP contribution in [0.1, 0.15) is 55.3 Å². The summed E-state index contributed by atoms with van der Waals surface area (Å²) in [5.74, 6) is 1.22. The summed E-state index contributed by atoms with van der Waals surface area (Å²) in [6.45, 7) is 6.57. The van der Waals surface area contributed by atoms with Crippen molar-refractivity contribution in [3.05, 3.63) is 29.1 Å². The SMILES string of the molecule is Cc1cnn2nc(C3CC3)c(C(C)C)c2c1. The van der Waals surface area contributed by atoms with E-state index >= 15 is 0 Å². The molecule has 0 atom stereocenters. The van der Waals surface area contributed by atoms with E-state index in [0.717, 1.165) is 0 Å². The van der Waals surface area contributed by atoms with Gasteiger partial charge in [-0.15, -0.1) is 0 Å². The summed E-state index contributed by atoms with van der Waals surface area (Å²) in [6.07, 6.45) is 4.46. The lowest BCUT2D eigenvalue weighted by Gasteiger charge is -2.05. The topological polar surface area (TPSA) is 30.2 Å². The first-order valence-corrected chi connectivity index (χ1v) is 6.02. The molecule has 0 unspecified atom stereocenters. The minimum absolute atomic E-state index is 0.525. The molecule has 1 fully saturated rings. The molecular formula is C13H17N3. The number of fused-ring (bicyclic) bond motifs is 1. The second-order valence-electron chi connectivity index (χ2n) is 5.14. The maximum absolute atomic E-state index is 4.64. The summed E-state index contributed by atoms with van der Waals surface area (Å²) in [5, 5.41) is 9.00. The maximum atomic E-state index is 4.64. The van der Waals surface area contributed by atoms with E-state index in [9.17, 15) is 0 Å². The van der Waals surface area contributed by atoms with E-state index in [2.05, 4.69) is 37.0 Å². The fourth-order valence-electron chi connectivity index (χ4n) is 2.32. The monoisotopic (exact) mass is 215 g/mol. The van der Waals surface area contributed by atoms with Gasteiger partial charge in [0, 0.05) is 11.5 Å². The zero-order valence-electron chi connectivity index (χ0n) is 10.1. The first-order valence-electron chi connectivity index (χ1n) is 6.02. The van der Waals surface area contributed by atoms with Crippen LogP contribution >= 0.6 is 0 Å². The Morgan fingerprint density at radius 2 is 2.12 bits per heavy atom. The molecule has 0 spiro atoms. The van der Waals surface area contributed by atoms with Gasteiger partial charge in [0.2, 0.25) is 0 Å². The third kappa shape index (κ3) is 1.42. The molecule has 0 radical (unpaired) electrons. The smallest absolute Gasteiger partial charge is 0.0913 e. The molecule has 1 aliphatic rings. The summed E-state index contributed by atoms with van der Waals surface area (Å²) >= 11 is 0. The zero-order chi connectivity index (χ0) is 11.3. The average molecular weight is 215 g/mol. The summed E-state index contributed by atoms with van der Waals surface area (Å²) in [5.41, 5.74) is 5.08. The lowest BCUT2D eigenvalue weighted by molar-refractivity contribution is 0.767. The van der Waals surface area contributed by atoms with E-state index in [1.165, 1.54) is 35.2 Å². The molecule has 3 heteroatoms. The first kappa shape index (κ1) is 9.82. The highest BCUT2D eigenvalue weighted by atomic mass is 15.4. The van der Waals surface area contributed by atoms with Gasteiger partial charge in [-0.2, -0.15) is 14.8 Å². The van der Waals surface area contributed by atoms with Crippen LogP contribution in [0.2, 0.25) is 0 Å². The van der Waals surface area contributed by atoms with Gasteiger partial charge < -0.3 is 0 Å². The molecule has 0 saturated heterocycles. The van der Waals surface area contributed by atoms with E-state index in [0.29, 0.717) is 11.8 Å². The fourth-order valence-corrected chi connectivity index (χ4v) is 2.32. The largest absolute Gasteiger partial charge is 0.158 e. The molecule has 84 valence electrons. The molecule has 0 bridgehead atoms. The maximum Gasteiger partial charge on any atom is 0.0913 e. The van der Waals surface area contributed by atoms with Crippen molar-refractivity contribution in [2.45, 2.75) is 45.4 Å². The summed E-state index contributed by atoms with van der Waals surface area (Å²) in [7, 11) is 0. The number of nitrogens with zero attached hydrogens (tertiary/aromatic N) is 3. The Kier molecular flexibility index (Phi) is 2.03. The lowest BCUT2D eigenvalue weighted by Crippen LogP contribution is -1.94. The normalized spacial score (nSPS) is 16.2. The van der Waals surface area contributed by atoms with Crippen LogP contribution in [0, 0.1) is 6.92 Å². The number of hydrogen-bond acceptors (Lipinski definition) is 2. The number of hydrogen-bond donors (Lipinski definition) is 0. The molecule has 2 heterocycles. The van der Waals surface area contributed by atoms with Crippen molar-refractivity contribution in [2.75, 3.05) is 0 Å². The summed E-state index contributed by atoms with van der Waals surface area (Å²) in [4.78, 5) is 0. The Labute approximate surface area is 95.5 Å². The van der Waals surface area contributed by atoms with Gasteiger partial charge in [-0.1, -0.05) is 13.8 Å². The van der Waals surface area contributed by atoms with Gasteiger partial charge in [0.15, 0.2) is 0 Å². The van der Waals surface area contributed by atoms with Crippen molar-refractivity contribution >= 4 is 5.52 Å². The van der Waals surface area contributed by atoms with Gasteiger partial charge in [-0.3, -0.25) is 0 Å². The molecule has 0 aliphatic heterocycles. The minimum atomic E-state index is 0.525. The van der Waals surface area contributed by atoms with Crippen molar-refractivity contribution in [1.29, 1.82) is 0 Å². The van der Waals surface area contributed by atoms with E-state index in [1.807, 2.05) is 6.20 Å².